The minimum Gasteiger partial charge on any atom is -0.208 e. The lowest BCUT2D eigenvalue weighted by molar-refractivity contribution is 0.550. The molecule has 2 rings (SSSR count). The van der Waals surface area contributed by atoms with Gasteiger partial charge in [0.1, 0.15) is 0 Å². The molecule has 1 heterocycles. The van der Waals surface area contributed by atoms with Gasteiger partial charge in [-0.15, -0.1) is 0 Å². The molecular formula is C13H17NO2S2. The van der Waals surface area contributed by atoms with Gasteiger partial charge in [0.2, 0.25) is 10.0 Å². The highest BCUT2D eigenvalue weighted by Gasteiger charge is 2.18. The van der Waals surface area contributed by atoms with Crippen molar-refractivity contribution in [2.75, 3.05) is 11.5 Å². The maximum absolute atomic E-state index is 11.9. The normalized spacial score (nSPS) is 21.2. The largest absolute Gasteiger partial charge is 0.234 e. The molecule has 0 aliphatic carbocycles. The van der Waals surface area contributed by atoms with E-state index in [2.05, 4.69) is 4.72 Å². The first-order chi connectivity index (χ1) is 8.66. The predicted molar refractivity (Wildman–Crippen MR) is 77.9 cm³/mol. The zero-order valence-electron chi connectivity index (χ0n) is 10.1. The van der Waals surface area contributed by atoms with Gasteiger partial charge >= 0.3 is 0 Å². The Balaban J connectivity index is 1.96. The van der Waals surface area contributed by atoms with Gasteiger partial charge in [-0.25, -0.2) is 13.1 Å². The van der Waals surface area contributed by atoms with E-state index >= 15 is 0 Å². The number of rotatable bonds is 4. The Kier molecular flexibility index (Phi) is 4.86. The second-order valence-corrected chi connectivity index (χ2v) is 7.04. The minimum atomic E-state index is -3.32. The van der Waals surface area contributed by atoms with Crippen molar-refractivity contribution >= 4 is 27.9 Å². The lowest BCUT2D eigenvalue weighted by atomic mass is 10.2. The van der Waals surface area contributed by atoms with Crippen LogP contribution in [0.3, 0.4) is 0 Å². The average Bonchev–Trinajstić information content (AvgIpc) is 2.38. The summed E-state index contributed by atoms with van der Waals surface area (Å²) in [5, 5.41) is 1.25. The molecule has 5 heteroatoms. The number of hydrogen-bond donors (Lipinski definition) is 1. The highest BCUT2D eigenvalue weighted by molar-refractivity contribution is 7.99. The lowest BCUT2D eigenvalue weighted by Crippen LogP contribution is -2.37. The van der Waals surface area contributed by atoms with Crippen molar-refractivity contribution < 1.29 is 8.42 Å². The lowest BCUT2D eigenvalue weighted by Gasteiger charge is -2.21. The van der Waals surface area contributed by atoms with Crippen LogP contribution in [0.5, 0.6) is 0 Å². The van der Waals surface area contributed by atoms with Crippen LogP contribution in [-0.2, 0) is 10.0 Å². The van der Waals surface area contributed by atoms with E-state index in [9.17, 15) is 8.42 Å². The molecule has 0 bridgehead atoms. The number of benzene rings is 1. The molecule has 1 atom stereocenters. The molecule has 98 valence electrons. The molecule has 1 N–H and O–H groups in total. The summed E-state index contributed by atoms with van der Waals surface area (Å²) in [5.41, 5.74) is 0.890. The fraction of sp³-hybridized carbons (Fsp3) is 0.385. The Morgan fingerprint density at radius 3 is 2.72 bits per heavy atom. The third-order valence-electron chi connectivity index (χ3n) is 2.73. The Hall–Kier alpha value is -0.780. The topological polar surface area (TPSA) is 46.2 Å². The number of nitrogens with one attached hydrogen (secondary N) is 1. The van der Waals surface area contributed by atoms with Crippen molar-refractivity contribution in [1.29, 1.82) is 0 Å². The van der Waals surface area contributed by atoms with Crippen LogP contribution in [0.1, 0.15) is 18.4 Å². The minimum absolute atomic E-state index is 0.0779. The summed E-state index contributed by atoms with van der Waals surface area (Å²) in [6.45, 7) is 0. The molecule has 18 heavy (non-hydrogen) atoms. The first-order valence-corrected chi connectivity index (χ1v) is 8.69. The summed E-state index contributed by atoms with van der Waals surface area (Å²) >= 11 is 1.81. The van der Waals surface area contributed by atoms with Gasteiger partial charge in [0, 0.05) is 17.2 Å². The Morgan fingerprint density at radius 2 is 2.06 bits per heavy atom. The summed E-state index contributed by atoms with van der Waals surface area (Å²) in [6, 6.07) is 9.51. The fourth-order valence-electron chi connectivity index (χ4n) is 1.84. The summed E-state index contributed by atoms with van der Waals surface area (Å²) in [4.78, 5) is 0. The van der Waals surface area contributed by atoms with E-state index in [0.29, 0.717) is 0 Å². The quantitative estimate of drug-likeness (QED) is 0.923. The molecule has 1 aromatic carbocycles. The molecule has 0 radical (unpaired) electrons. The molecular weight excluding hydrogens is 266 g/mol. The van der Waals surface area contributed by atoms with Crippen LogP contribution in [-0.4, -0.2) is 26.0 Å². The molecule has 3 nitrogen and oxygen atoms in total. The molecule has 0 unspecified atom stereocenters. The molecule has 1 saturated heterocycles. The van der Waals surface area contributed by atoms with E-state index < -0.39 is 10.0 Å². The van der Waals surface area contributed by atoms with Crippen LogP contribution < -0.4 is 4.72 Å². The zero-order valence-corrected chi connectivity index (χ0v) is 11.7. The molecule has 1 aromatic rings. The number of hydrogen-bond acceptors (Lipinski definition) is 3. The van der Waals surface area contributed by atoms with Gasteiger partial charge in [-0.2, -0.15) is 11.8 Å². The highest BCUT2D eigenvalue weighted by atomic mass is 32.2. The van der Waals surface area contributed by atoms with Crippen molar-refractivity contribution in [2.24, 2.45) is 0 Å². The highest BCUT2D eigenvalue weighted by Crippen LogP contribution is 2.17. The van der Waals surface area contributed by atoms with Gasteiger partial charge in [-0.3, -0.25) is 0 Å². The van der Waals surface area contributed by atoms with Crippen LogP contribution >= 0.6 is 11.8 Å². The number of sulfonamides is 1. The van der Waals surface area contributed by atoms with Crippen molar-refractivity contribution in [3.05, 3.63) is 41.3 Å². The van der Waals surface area contributed by atoms with Crippen molar-refractivity contribution in [1.82, 2.24) is 4.72 Å². The van der Waals surface area contributed by atoms with E-state index in [0.717, 1.165) is 29.9 Å². The molecule has 1 aliphatic heterocycles. The van der Waals surface area contributed by atoms with Gasteiger partial charge in [0.25, 0.3) is 0 Å². The van der Waals surface area contributed by atoms with E-state index in [1.165, 1.54) is 5.41 Å². The maximum atomic E-state index is 11.9. The van der Waals surface area contributed by atoms with Crippen molar-refractivity contribution in [3.63, 3.8) is 0 Å². The zero-order chi connectivity index (χ0) is 12.8. The summed E-state index contributed by atoms with van der Waals surface area (Å²) in [6.07, 6.45) is 3.64. The SMILES string of the molecule is O=S(=O)(/C=C/c1ccccc1)N[C@@H]1CCCSC1. The summed E-state index contributed by atoms with van der Waals surface area (Å²) in [5.74, 6) is 2.01. The van der Waals surface area contributed by atoms with Gasteiger partial charge in [-0.05, 0) is 30.2 Å². The van der Waals surface area contributed by atoms with Crippen LogP contribution in [0.25, 0.3) is 6.08 Å². The Morgan fingerprint density at radius 1 is 1.28 bits per heavy atom. The number of thioether (sulfide) groups is 1. The van der Waals surface area contributed by atoms with E-state index in [1.54, 1.807) is 6.08 Å². The van der Waals surface area contributed by atoms with Gasteiger partial charge < -0.3 is 0 Å². The van der Waals surface area contributed by atoms with E-state index in [-0.39, 0.29) is 6.04 Å². The molecule has 0 saturated carbocycles. The molecule has 0 spiro atoms. The van der Waals surface area contributed by atoms with Crippen LogP contribution in [0.4, 0.5) is 0 Å². The standard InChI is InChI=1S/C13H17NO2S2/c15-18(16,14-13-7-4-9-17-11-13)10-8-12-5-2-1-3-6-12/h1-3,5-6,8,10,13-14H,4,7,9,11H2/b10-8+/t13-/m1/s1. The average molecular weight is 283 g/mol. The molecule has 1 fully saturated rings. The van der Waals surface area contributed by atoms with Crippen LogP contribution in [0, 0.1) is 0 Å². The van der Waals surface area contributed by atoms with E-state index in [4.69, 9.17) is 0 Å². The third kappa shape index (κ3) is 4.48. The predicted octanol–water partition coefficient (Wildman–Crippen LogP) is 2.47. The molecule has 1 aliphatic rings. The Bertz CT molecular complexity index is 491. The third-order valence-corrected chi connectivity index (χ3v) is 5.10. The second kappa shape index (κ2) is 6.41. The van der Waals surface area contributed by atoms with Gasteiger partial charge in [-0.1, -0.05) is 30.3 Å². The van der Waals surface area contributed by atoms with Crippen LogP contribution in [0.2, 0.25) is 0 Å². The van der Waals surface area contributed by atoms with Crippen molar-refractivity contribution in [2.45, 2.75) is 18.9 Å². The summed E-state index contributed by atoms with van der Waals surface area (Å²) in [7, 11) is -3.32. The van der Waals surface area contributed by atoms with Crippen LogP contribution in [0.15, 0.2) is 35.7 Å². The first-order valence-electron chi connectivity index (χ1n) is 5.99. The van der Waals surface area contributed by atoms with Gasteiger partial charge in [0.05, 0.1) is 0 Å². The van der Waals surface area contributed by atoms with Gasteiger partial charge in [0.15, 0.2) is 0 Å². The summed E-state index contributed by atoms with van der Waals surface area (Å²) < 4.78 is 26.5. The molecule has 0 aromatic heterocycles. The molecule has 0 amide bonds. The fourth-order valence-corrected chi connectivity index (χ4v) is 4.10. The Labute approximate surface area is 113 Å². The first kappa shape index (κ1) is 13.6. The van der Waals surface area contributed by atoms with Crippen molar-refractivity contribution in [3.8, 4) is 0 Å². The maximum Gasteiger partial charge on any atom is 0.234 e. The monoisotopic (exact) mass is 283 g/mol. The smallest absolute Gasteiger partial charge is 0.208 e. The second-order valence-electron chi connectivity index (χ2n) is 4.29. The van der Waals surface area contributed by atoms with E-state index in [1.807, 2.05) is 42.1 Å².